The minimum absolute atomic E-state index is 0.0375. The lowest BCUT2D eigenvalue weighted by Gasteiger charge is -2.05. The Balaban J connectivity index is 2.52. The molecule has 0 aliphatic rings. The molecule has 2 N–H and O–H groups in total. The van der Waals surface area contributed by atoms with Crippen LogP contribution in [0.3, 0.4) is 0 Å². The number of carbonyl (C=O) groups excluding carboxylic acids is 1. The Bertz CT molecular complexity index is 621. The van der Waals surface area contributed by atoms with Crippen molar-refractivity contribution in [3.8, 4) is 5.75 Å². The lowest BCUT2D eigenvalue weighted by Crippen LogP contribution is -2.02. The van der Waals surface area contributed by atoms with Crippen molar-refractivity contribution in [3.05, 3.63) is 48.6 Å². The molecule has 3 nitrogen and oxygen atoms in total. The summed E-state index contributed by atoms with van der Waals surface area (Å²) in [5.41, 5.74) is 0.358. The highest BCUT2D eigenvalue weighted by Crippen LogP contribution is 2.33. The van der Waals surface area contributed by atoms with Gasteiger partial charge in [0.1, 0.15) is 5.75 Å². The van der Waals surface area contributed by atoms with Crippen molar-refractivity contribution < 1.29 is 9.90 Å². The molecule has 1 aromatic carbocycles. The minimum Gasteiger partial charge on any atom is -0.506 e. The predicted molar refractivity (Wildman–Crippen MR) is 77.8 cm³/mol. The zero-order valence-corrected chi connectivity index (χ0v) is 13.3. The maximum absolute atomic E-state index is 12.2. The smallest absolute Gasteiger partial charge is 0.213 e. The first-order valence-corrected chi connectivity index (χ1v) is 7.01. The number of rotatable bonds is 2. The summed E-state index contributed by atoms with van der Waals surface area (Å²) in [5.74, 6) is -0.684. The number of aromatic nitrogens is 1. The largest absolute Gasteiger partial charge is 0.506 e. The molecule has 0 bridgehead atoms. The molecular weight excluding hydrogens is 409 g/mol. The lowest BCUT2D eigenvalue weighted by molar-refractivity contribution is 0.103. The van der Waals surface area contributed by atoms with Gasteiger partial charge >= 0.3 is 0 Å². The molecule has 0 aliphatic carbocycles. The fourth-order valence-corrected chi connectivity index (χ4v) is 2.56. The maximum atomic E-state index is 12.2. The number of ketones is 1. The summed E-state index contributed by atoms with van der Waals surface area (Å²) in [4.78, 5) is 15.0. The summed E-state index contributed by atoms with van der Waals surface area (Å²) >= 11 is 18.1. The molecule has 0 radical (unpaired) electrons. The average Bonchev–Trinajstić information content (AvgIpc) is 2.63. The van der Waals surface area contributed by atoms with Crippen molar-refractivity contribution in [2.75, 3.05) is 0 Å². The van der Waals surface area contributed by atoms with Crippen LogP contribution >= 0.6 is 55.1 Å². The molecule has 2 aromatic rings. The van der Waals surface area contributed by atoms with Gasteiger partial charge in [-0.05, 0) is 50.1 Å². The van der Waals surface area contributed by atoms with E-state index in [9.17, 15) is 9.90 Å². The Morgan fingerprint density at radius 2 is 1.89 bits per heavy atom. The van der Waals surface area contributed by atoms with E-state index < -0.39 is 5.78 Å². The van der Waals surface area contributed by atoms with Crippen molar-refractivity contribution in [1.82, 2.24) is 4.98 Å². The number of nitrogens with one attached hydrogen (secondary N) is 1. The standard InChI is InChI=1S/C11H5Br2Cl2NO2/c12-6-3-8(16-11(6)13)10(18)5-1-4(14)2-7(15)9(5)17/h1-3,16-17H. The number of benzene rings is 1. The van der Waals surface area contributed by atoms with Gasteiger partial charge < -0.3 is 10.1 Å². The number of phenolic OH excluding ortho intramolecular Hbond substituents is 1. The van der Waals surface area contributed by atoms with Crippen molar-refractivity contribution in [1.29, 1.82) is 0 Å². The minimum atomic E-state index is -0.400. The third kappa shape index (κ3) is 2.59. The van der Waals surface area contributed by atoms with Crippen molar-refractivity contribution in [3.63, 3.8) is 0 Å². The van der Waals surface area contributed by atoms with Crippen molar-refractivity contribution in [2.24, 2.45) is 0 Å². The Labute approximate surface area is 129 Å². The summed E-state index contributed by atoms with van der Waals surface area (Å²) < 4.78 is 1.34. The van der Waals surface area contributed by atoms with Crippen molar-refractivity contribution >= 4 is 60.8 Å². The van der Waals surface area contributed by atoms with E-state index >= 15 is 0 Å². The van der Waals surface area contributed by atoms with Crippen LogP contribution in [0.15, 0.2) is 27.3 Å². The van der Waals surface area contributed by atoms with Gasteiger partial charge in [-0.2, -0.15) is 0 Å². The Kier molecular flexibility index (Phi) is 4.06. The Hall–Kier alpha value is -0.490. The highest BCUT2D eigenvalue weighted by molar-refractivity contribution is 9.13. The Morgan fingerprint density at radius 3 is 2.44 bits per heavy atom. The molecule has 0 amide bonds. The number of halogens is 4. The van der Waals surface area contributed by atoms with Crippen molar-refractivity contribution in [2.45, 2.75) is 0 Å². The van der Waals surface area contributed by atoms with Gasteiger partial charge in [0.25, 0.3) is 0 Å². The molecule has 0 saturated heterocycles. The number of aromatic amines is 1. The van der Waals surface area contributed by atoms with E-state index in [1.807, 2.05) is 0 Å². The number of hydrogen-bond donors (Lipinski definition) is 2. The lowest BCUT2D eigenvalue weighted by atomic mass is 10.1. The fourth-order valence-electron chi connectivity index (χ4n) is 1.41. The topological polar surface area (TPSA) is 53.1 Å². The maximum Gasteiger partial charge on any atom is 0.213 e. The van der Waals surface area contributed by atoms with Crippen LogP contribution in [0.4, 0.5) is 0 Å². The van der Waals surface area contributed by atoms with Crippen LogP contribution in [0, 0.1) is 0 Å². The number of hydrogen-bond acceptors (Lipinski definition) is 2. The van der Waals surface area contributed by atoms with Gasteiger partial charge in [-0.1, -0.05) is 23.2 Å². The summed E-state index contributed by atoms with van der Waals surface area (Å²) in [6, 6.07) is 4.34. The molecule has 0 spiro atoms. The average molecular weight is 414 g/mol. The van der Waals surface area contributed by atoms with Gasteiger partial charge in [0.15, 0.2) is 0 Å². The third-order valence-corrected chi connectivity index (χ3v) is 4.53. The van der Waals surface area contributed by atoms with Crippen LogP contribution in [0.1, 0.15) is 16.1 Å². The first kappa shape index (κ1) is 13.9. The molecule has 0 saturated carbocycles. The molecule has 2 rings (SSSR count). The van der Waals surface area contributed by atoms with E-state index in [4.69, 9.17) is 23.2 Å². The fraction of sp³-hybridized carbons (Fsp3) is 0. The second-order valence-corrected chi connectivity index (χ2v) is 5.95. The van der Waals surface area contributed by atoms with E-state index in [1.54, 1.807) is 6.07 Å². The molecule has 0 unspecified atom stereocenters. The van der Waals surface area contributed by atoms with E-state index in [0.717, 1.165) is 0 Å². The monoisotopic (exact) mass is 411 g/mol. The molecule has 1 heterocycles. The highest BCUT2D eigenvalue weighted by Gasteiger charge is 2.19. The normalized spacial score (nSPS) is 10.7. The molecule has 18 heavy (non-hydrogen) atoms. The van der Waals surface area contributed by atoms with Crippen LogP contribution in [-0.2, 0) is 0 Å². The van der Waals surface area contributed by atoms with Gasteiger partial charge in [-0.15, -0.1) is 0 Å². The zero-order valence-electron chi connectivity index (χ0n) is 8.60. The summed E-state index contributed by atoms with van der Waals surface area (Å²) in [7, 11) is 0. The number of H-pyrrole nitrogens is 1. The number of phenols is 1. The van der Waals surface area contributed by atoms with E-state index in [-0.39, 0.29) is 21.4 Å². The first-order chi connectivity index (χ1) is 8.40. The second-order valence-electron chi connectivity index (χ2n) is 3.46. The first-order valence-electron chi connectivity index (χ1n) is 4.67. The molecular formula is C11H5Br2Cl2NO2. The van der Waals surface area contributed by atoms with Crippen LogP contribution in [0.25, 0.3) is 0 Å². The molecule has 7 heteroatoms. The van der Waals surface area contributed by atoms with E-state index in [1.165, 1.54) is 12.1 Å². The van der Waals surface area contributed by atoms with Crippen LogP contribution in [0.5, 0.6) is 5.75 Å². The van der Waals surface area contributed by atoms with Gasteiger partial charge in [0.2, 0.25) is 5.78 Å². The molecule has 0 atom stereocenters. The van der Waals surface area contributed by atoms with Crippen LogP contribution in [0.2, 0.25) is 10.0 Å². The molecule has 94 valence electrons. The zero-order chi connectivity index (χ0) is 13.4. The SMILES string of the molecule is O=C(c1cc(Br)c(Br)[nH]1)c1cc(Cl)cc(Cl)c1O. The predicted octanol–water partition coefficient (Wildman–Crippen LogP) is 4.78. The summed E-state index contributed by atoms with van der Waals surface area (Å²) in [6.45, 7) is 0. The van der Waals surface area contributed by atoms with E-state index in [2.05, 4.69) is 36.8 Å². The quantitative estimate of drug-likeness (QED) is 0.696. The summed E-state index contributed by atoms with van der Waals surface area (Å²) in [6.07, 6.45) is 0. The van der Waals surface area contributed by atoms with Gasteiger partial charge in [-0.3, -0.25) is 4.79 Å². The molecule has 0 fully saturated rings. The second kappa shape index (κ2) is 5.25. The number of aromatic hydroxyl groups is 1. The van der Waals surface area contributed by atoms with Gasteiger partial charge in [0.05, 0.1) is 25.4 Å². The number of carbonyl (C=O) groups is 1. The molecule has 1 aromatic heterocycles. The highest BCUT2D eigenvalue weighted by atomic mass is 79.9. The summed E-state index contributed by atoms with van der Waals surface area (Å²) in [5, 5.41) is 10.1. The van der Waals surface area contributed by atoms with Crippen LogP contribution < -0.4 is 0 Å². The Morgan fingerprint density at radius 1 is 1.22 bits per heavy atom. The van der Waals surface area contributed by atoms with E-state index in [0.29, 0.717) is 14.8 Å². The van der Waals surface area contributed by atoms with Gasteiger partial charge in [-0.25, -0.2) is 0 Å². The van der Waals surface area contributed by atoms with Gasteiger partial charge in [0, 0.05) is 5.02 Å². The molecule has 0 aliphatic heterocycles. The van der Waals surface area contributed by atoms with Crippen LogP contribution in [-0.4, -0.2) is 15.9 Å². The third-order valence-electron chi connectivity index (χ3n) is 2.24.